The highest BCUT2D eigenvalue weighted by molar-refractivity contribution is 9.10. The zero-order valence-electron chi connectivity index (χ0n) is 10.8. The van der Waals surface area contributed by atoms with Crippen LogP contribution in [0.25, 0.3) is 0 Å². The smallest absolute Gasteiger partial charge is 0.312 e. The van der Waals surface area contributed by atoms with Crippen LogP contribution < -0.4 is 15.2 Å². The van der Waals surface area contributed by atoms with Crippen molar-refractivity contribution in [3.8, 4) is 11.5 Å². The van der Waals surface area contributed by atoms with Crippen LogP contribution in [0, 0.1) is 0 Å². The lowest BCUT2D eigenvalue weighted by atomic mass is 9.87. The number of carbonyl (C=O) groups is 1. The Kier molecular flexibility index (Phi) is 4.01. The van der Waals surface area contributed by atoms with Gasteiger partial charge in [0.05, 0.1) is 10.4 Å². The number of carboxylic acid groups (broad SMARTS) is 1. The average molecular weight is 330 g/mol. The van der Waals surface area contributed by atoms with E-state index in [1.54, 1.807) is 6.07 Å². The van der Waals surface area contributed by atoms with Gasteiger partial charge in [-0.2, -0.15) is 0 Å². The van der Waals surface area contributed by atoms with E-state index in [4.69, 9.17) is 15.2 Å². The zero-order valence-corrected chi connectivity index (χ0v) is 12.4. The van der Waals surface area contributed by atoms with Crippen molar-refractivity contribution in [2.75, 3.05) is 13.3 Å². The van der Waals surface area contributed by atoms with Gasteiger partial charge in [0, 0.05) is 12.1 Å². The van der Waals surface area contributed by atoms with E-state index in [2.05, 4.69) is 15.9 Å². The summed E-state index contributed by atoms with van der Waals surface area (Å²) in [5, 5.41) is 9.30. The van der Waals surface area contributed by atoms with Gasteiger partial charge in [0.25, 0.3) is 0 Å². The minimum absolute atomic E-state index is 0.0428. The maximum atomic E-state index is 11.3. The van der Waals surface area contributed by atoms with Crippen LogP contribution in [0.15, 0.2) is 10.5 Å². The molecule has 0 amide bonds. The van der Waals surface area contributed by atoms with Crippen molar-refractivity contribution >= 4 is 21.9 Å². The van der Waals surface area contributed by atoms with E-state index in [1.807, 2.05) is 13.8 Å². The van der Waals surface area contributed by atoms with Gasteiger partial charge in [0.15, 0.2) is 11.5 Å². The Balaban J connectivity index is 2.66. The largest absolute Gasteiger partial charge is 0.481 e. The Labute approximate surface area is 119 Å². The Hall–Kier alpha value is -1.27. The molecule has 1 aliphatic rings. The van der Waals surface area contributed by atoms with Gasteiger partial charge in [-0.25, -0.2) is 0 Å². The van der Waals surface area contributed by atoms with E-state index >= 15 is 0 Å². The summed E-state index contributed by atoms with van der Waals surface area (Å²) < 4.78 is 11.6. The van der Waals surface area contributed by atoms with Crippen LogP contribution in [0.2, 0.25) is 0 Å². The molecule has 5 nitrogen and oxygen atoms in total. The van der Waals surface area contributed by atoms with Gasteiger partial charge in [-0.05, 0) is 33.5 Å². The molecule has 1 aromatic carbocycles. The van der Waals surface area contributed by atoms with Crippen LogP contribution >= 0.6 is 15.9 Å². The van der Waals surface area contributed by atoms with Crippen molar-refractivity contribution in [1.82, 2.24) is 0 Å². The molecule has 0 aliphatic carbocycles. The van der Waals surface area contributed by atoms with E-state index < -0.39 is 11.9 Å². The molecule has 1 aliphatic heterocycles. The molecule has 0 saturated heterocycles. The SMILES string of the molecule is CC(C)c1c(C(CN)C(=O)O)cc(Br)c2c1OCO2. The minimum Gasteiger partial charge on any atom is -0.481 e. The quantitative estimate of drug-likeness (QED) is 0.886. The Morgan fingerprint density at radius 2 is 2.11 bits per heavy atom. The number of halogens is 1. The first-order valence-electron chi connectivity index (χ1n) is 6.02. The van der Waals surface area contributed by atoms with Gasteiger partial charge < -0.3 is 20.3 Å². The molecule has 0 fully saturated rings. The molecule has 0 bridgehead atoms. The third-order valence-electron chi connectivity index (χ3n) is 3.15. The van der Waals surface area contributed by atoms with Crippen LogP contribution in [0.3, 0.4) is 0 Å². The second-order valence-corrected chi connectivity index (χ2v) is 5.56. The normalized spacial score (nSPS) is 14.8. The average Bonchev–Trinajstić information content (AvgIpc) is 2.78. The minimum atomic E-state index is -0.935. The van der Waals surface area contributed by atoms with Crippen LogP contribution in [-0.2, 0) is 4.79 Å². The molecule has 0 saturated carbocycles. The van der Waals surface area contributed by atoms with Gasteiger partial charge in [0.1, 0.15) is 0 Å². The Morgan fingerprint density at radius 3 is 2.63 bits per heavy atom. The first-order chi connectivity index (χ1) is 8.97. The van der Waals surface area contributed by atoms with Gasteiger partial charge in [0.2, 0.25) is 6.79 Å². The van der Waals surface area contributed by atoms with Gasteiger partial charge in [-0.15, -0.1) is 0 Å². The maximum absolute atomic E-state index is 11.3. The standard InChI is InChI=1S/C13H16BrNO4/c1-6(2)10-7(8(4-15)13(16)17)3-9(14)11-12(10)19-5-18-11/h3,6,8H,4-5,15H2,1-2H3,(H,16,17). The van der Waals surface area contributed by atoms with E-state index in [0.717, 1.165) is 5.56 Å². The summed E-state index contributed by atoms with van der Waals surface area (Å²) >= 11 is 3.39. The molecule has 3 N–H and O–H groups in total. The van der Waals surface area contributed by atoms with Crippen LogP contribution in [0.4, 0.5) is 0 Å². The topological polar surface area (TPSA) is 81.8 Å². The third kappa shape index (κ3) is 2.42. The highest BCUT2D eigenvalue weighted by Gasteiger charge is 2.31. The first kappa shape index (κ1) is 14.1. The number of carboxylic acids is 1. The summed E-state index contributed by atoms with van der Waals surface area (Å²) in [7, 11) is 0. The fourth-order valence-electron chi connectivity index (χ4n) is 2.31. The summed E-state index contributed by atoms with van der Waals surface area (Å²) in [6.07, 6.45) is 0. The summed E-state index contributed by atoms with van der Waals surface area (Å²) in [6, 6.07) is 1.77. The molecule has 19 heavy (non-hydrogen) atoms. The monoisotopic (exact) mass is 329 g/mol. The van der Waals surface area contributed by atoms with Crippen molar-refractivity contribution in [3.63, 3.8) is 0 Å². The zero-order chi connectivity index (χ0) is 14.2. The van der Waals surface area contributed by atoms with Gasteiger partial charge >= 0.3 is 5.97 Å². The molecule has 1 heterocycles. The lowest BCUT2D eigenvalue weighted by Crippen LogP contribution is -2.23. The summed E-state index contributed by atoms with van der Waals surface area (Å²) in [4.78, 5) is 11.3. The molecular formula is C13H16BrNO4. The van der Waals surface area contributed by atoms with Crippen molar-refractivity contribution in [3.05, 3.63) is 21.7 Å². The van der Waals surface area contributed by atoms with Gasteiger partial charge in [-0.1, -0.05) is 13.8 Å². The summed E-state index contributed by atoms with van der Waals surface area (Å²) in [6.45, 7) is 4.17. The highest BCUT2D eigenvalue weighted by Crippen LogP contribution is 2.47. The molecule has 2 rings (SSSR count). The van der Waals surface area contributed by atoms with Crippen molar-refractivity contribution in [2.24, 2.45) is 5.73 Å². The summed E-state index contributed by atoms with van der Waals surface area (Å²) in [5.74, 6) is -0.307. The molecular weight excluding hydrogens is 314 g/mol. The molecule has 1 atom stereocenters. The van der Waals surface area contributed by atoms with E-state index in [-0.39, 0.29) is 19.3 Å². The molecule has 0 spiro atoms. The van der Waals surface area contributed by atoms with Crippen molar-refractivity contribution in [2.45, 2.75) is 25.7 Å². The third-order valence-corrected chi connectivity index (χ3v) is 3.74. The Bertz CT molecular complexity index is 516. The van der Waals surface area contributed by atoms with Crippen molar-refractivity contribution < 1.29 is 19.4 Å². The first-order valence-corrected chi connectivity index (χ1v) is 6.81. The molecule has 1 unspecified atom stereocenters. The molecule has 0 radical (unpaired) electrons. The van der Waals surface area contributed by atoms with Crippen LogP contribution in [0.1, 0.15) is 36.8 Å². The van der Waals surface area contributed by atoms with Gasteiger partial charge in [-0.3, -0.25) is 4.79 Å². The molecule has 6 heteroatoms. The predicted octanol–water partition coefficient (Wildman–Crippen LogP) is 2.43. The van der Waals surface area contributed by atoms with Crippen LogP contribution in [0.5, 0.6) is 11.5 Å². The lowest BCUT2D eigenvalue weighted by molar-refractivity contribution is -0.138. The molecule has 0 aromatic heterocycles. The highest BCUT2D eigenvalue weighted by atomic mass is 79.9. The number of ether oxygens (including phenoxy) is 2. The maximum Gasteiger partial charge on any atom is 0.312 e. The number of fused-ring (bicyclic) bond motifs is 1. The Morgan fingerprint density at radius 1 is 1.47 bits per heavy atom. The second kappa shape index (κ2) is 5.38. The molecule has 1 aromatic rings. The number of aliphatic carboxylic acids is 1. The van der Waals surface area contributed by atoms with E-state index in [0.29, 0.717) is 21.5 Å². The molecule has 104 valence electrons. The number of hydrogen-bond donors (Lipinski definition) is 2. The second-order valence-electron chi connectivity index (χ2n) is 4.71. The number of nitrogens with two attached hydrogens (primary N) is 1. The fraction of sp³-hybridized carbons (Fsp3) is 0.462. The number of rotatable bonds is 4. The van der Waals surface area contributed by atoms with Crippen molar-refractivity contribution in [1.29, 1.82) is 0 Å². The number of benzene rings is 1. The summed E-state index contributed by atoms with van der Waals surface area (Å²) in [5.41, 5.74) is 7.14. The van der Waals surface area contributed by atoms with E-state index in [1.165, 1.54) is 0 Å². The fourth-order valence-corrected chi connectivity index (χ4v) is 2.85. The lowest BCUT2D eigenvalue weighted by Gasteiger charge is -2.20. The van der Waals surface area contributed by atoms with Crippen LogP contribution in [-0.4, -0.2) is 24.4 Å². The van der Waals surface area contributed by atoms with E-state index in [9.17, 15) is 9.90 Å². The number of hydrogen-bond acceptors (Lipinski definition) is 4. The predicted molar refractivity (Wildman–Crippen MR) is 73.8 cm³/mol.